The maximum atomic E-state index is 10.3. The van der Waals surface area contributed by atoms with Crippen LogP contribution in [-0.2, 0) is 4.79 Å². The first kappa shape index (κ1) is 7.05. The van der Waals surface area contributed by atoms with Crippen molar-refractivity contribution in [2.45, 2.75) is 19.3 Å². The number of hydrogen-bond donors (Lipinski definition) is 2. The molecule has 56 valence electrons. The van der Waals surface area contributed by atoms with E-state index in [0.29, 0.717) is 25.0 Å². The Kier molecular flexibility index (Phi) is 1.89. The molecule has 4 heteroatoms. The van der Waals surface area contributed by atoms with E-state index in [2.05, 4.69) is 5.16 Å². The molecule has 0 unspecified atom stereocenters. The van der Waals surface area contributed by atoms with Crippen LogP contribution in [0, 0.1) is 5.92 Å². The molecule has 1 aliphatic carbocycles. The van der Waals surface area contributed by atoms with Crippen molar-refractivity contribution >= 4 is 11.7 Å². The largest absolute Gasteiger partial charge is 0.481 e. The summed E-state index contributed by atoms with van der Waals surface area (Å²) in [4.78, 5) is 10.3. The summed E-state index contributed by atoms with van der Waals surface area (Å²) in [6, 6.07) is 0. The molecule has 0 radical (unpaired) electrons. The minimum atomic E-state index is -0.793. The van der Waals surface area contributed by atoms with Gasteiger partial charge in [0.05, 0.1) is 11.6 Å². The van der Waals surface area contributed by atoms with E-state index < -0.39 is 5.97 Å². The zero-order valence-corrected chi connectivity index (χ0v) is 5.45. The molecule has 0 bridgehead atoms. The molecule has 0 aromatic carbocycles. The van der Waals surface area contributed by atoms with Gasteiger partial charge >= 0.3 is 5.97 Å². The van der Waals surface area contributed by atoms with Crippen molar-refractivity contribution in [2.75, 3.05) is 0 Å². The van der Waals surface area contributed by atoms with Gasteiger partial charge in [-0.25, -0.2) is 0 Å². The number of hydrogen-bond acceptors (Lipinski definition) is 3. The van der Waals surface area contributed by atoms with Gasteiger partial charge in [-0.3, -0.25) is 4.79 Å². The first-order valence-electron chi connectivity index (χ1n) is 3.16. The Bertz CT molecular complexity index is 176. The van der Waals surface area contributed by atoms with Gasteiger partial charge in [0.2, 0.25) is 0 Å². The van der Waals surface area contributed by atoms with Crippen molar-refractivity contribution < 1.29 is 15.1 Å². The van der Waals surface area contributed by atoms with Gasteiger partial charge in [0.15, 0.2) is 0 Å². The quantitative estimate of drug-likeness (QED) is 0.419. The average Bonchev–Trinajstić information content (AvgIpc) is 2.34. The second kappa shape index (κ2) is 2.68. The van der Waals surface area contributed by atoms with Crippen LogP contribution in [0.3, 0.4) is 0 Å². The number of carboxylic acids is 1. The third-order valence-corrected chi connectivity index (χ3v) is 1.75. The lowest BCUT2D eigenvalue weighted by molar-refractivity contribution is -0.141. The zero-order chi connectivity index (χ0) is 7.56. The second-order valence-corrected chi connectivity index (χ2v) is 2.44. The predicted octanol–water partition coefficient (Wildman–Crippen LogP) is 0.701. The summed E-state index contributed by atoms with van der Waals surface area (Å²) in [7, 11) is 0. The molecule has 2 N–H and O–H groups in total. The maximum Gasteiger partial charge on any atom is 0.306 e. The van der Waals surface area contributed by atoms with Gasteiger partial charge in [-0.2, -0.15) is 0 Å². The molecule has 0 aromatic heterocycles. The first-order valence-corrected chi connectivity index (χ1v) is 3.16. The molecule has 1 saturated carbocycles. The number of aliphatic carboxylic acids is 1. The normalized spacial score (nSPS) is 29.2. The lowest BCUT2D eigenvalue weighted by Crippen LogP contribution is -2.09. The molecule has 0 spiro atoms. The molecule has 10 heavy (non-hydrogen) atoms. The Morgan fingerprint density at radius 2 is 2.40 bits per heavy atom. The highest BCUT2D eigenvalue weighted by Crippen LogP contribution is 2.22. The van der Waals surface area contributed by atoms with Crippen LogP contribution in [0.5, 0.6) is 0 Å². The predicted molar refractivity (Wildman–Crippen MR) is 34.2 cm³/mol. The van der Waals surface area contributed by atoms with Crippen LogP contribution in [-0.4, -0.2) is 22.0 Å². The van der Waals surface area contributed by atoms with Gasteiger partial charge in [-0.05, 0) is 12.8 Å². The summed E-state index contributed by atoms with van der Waals surface area (Å²) in [5, 5.41) is 19.7. The van der Waals surface area contributed by atoms with Crippen molar-refractivity contribution in [2.24, 2.45) is 11.1 Å². The Morgan fingerprint density at radius 3 is 2.70 bits per heavy atom. The molecule has 4 nitrogen and oxygen atoms in total. The molecular formula is C6H9NO3. The van der Waals surface area contributed by atoms with Crippen molar-refractivity contribution in [1.82, 2.24) is 0 Å². The van der Waals surface area contributed by atoms with Gasteiger partial charge in [-0.15, -0.1) is 0 Å². The summed E-state index contributed by atoms with van der Waals surface area (Å²) < 4.78 is 0. The van der Waals surface area contributed by atoms with Crippen LogP contribution in [0.2, 0.25) is 0 Å². The van der Waals surface area contributed by atoms with Crippen LogP contribution >= 0.6 is 0 Å². The highest BCUT2D eigenvalue weighted by atomic mass is 16.4. The lowest BCUT2D eigenvalue weighted by atomic mass is 10.1. The highest BCUT2D eigenvalue weighted by molar-refractivity contribution is 5.90. The fourth-order valence-electron chi connectivity index (χ4n) is 1.13. The standard InChI is InChI=1S/C6H9NO3/c8-6(9)4-1-2-5(3-4)7-10/h4,10H,1-3H2,(H,8,9)/b7-5-/t4-/m0/s1. The molecule has 0 heterocycles. The van der Waals surface area contributed by atoms with Crippen LogP contribution < -0.4 is 0 Å². The van der Waals surface area contributed by atoms with Gasteiger partial charge in [0, 0.05) is 6.42 Å². The Balaban J connectivity index is 2.51. The smallest absolute Gasteiger partial charge is 0.306 e. The molecule has 0 aliphatic heterocycles. The van der Waals surface area contributed by atoms with Crippen LogP contribution in [0.25, 0.3) is 0 Å². The molecule has 1 rings (SSSR count). The number of carbonyl (C=O) groups is 1. The SMILES string of the molecule is O=C(O)[C@H]1CC/C(=N/O)C1. The number of rotatable bonds is 1. The summed E-state index contributed by atoms with van der Waals surface area (Å²) in [6.07, 6.45) is 1.63. The monoisotopic (exact) mass is 143 g/mol. The molecule has 0 aromatic rings. The zero-order valence-electron chi connectivity index (χ0n) is 5.45. The molecule has 1 atom stereocenters. The number of carboxylic acid groups (broad SMARTS) is 1. The van der Waals surface area contributed by atoms with Gasteiger partial charge in [0.1, 0.15) is 0 Å². The minimum absolute atomic E-state index is 0.328. The van der Waals surface area contributed by atoms with Gasteiger partial charge in [-0.1, -0.05) is 5.16 Å². The van der Waals surface area contributed by atoms with Gasteiger partial charge < -0.3 is 10.3 Å². The Labute approximate surface area is 58.2 Å². The van der Waals surface area contributed by atoms with Crippen LogP contribution in [0.15, 0.2) is 5.16 Å². The third kappa shape index (κ3) is 1.26. The number of nitrogens with zero attached hydrogens (tertiary/aromatic N) is 1. The van der Waals surface area contributed by atoms with E-state index in [-0.39, 0.29) is 5.92 Å². The molecule has 1 fully saturated rings. The molecule has 1 aliphatic rings. The van der Waals surface area contributed by atoms with Crippen LogP contribution in [0.1, 0.15) is 19.3 Å². The lowest BCUT2D eigenvalue weighted by Gasteiger charge is -1.97. The third-order valence-electron chi connectivity index (χ3n) is 1.75. The molecule has 0 saturated heterocycles. The summed E-state index contributed by atoms with van der Waals surface area (Å²) in [5.74, 6) is -1.12. The van der Waals surface area contributed by atoms with Gasteiger partial charge in [0.25, 0.3) is 0 Å². The van der Waals surface area contributed by atoms with E-state index in [1.54, 1.807) is 0 Å². The van der Waals surface area contributed by atoms with E-state index in [0.717, 1.165) is 0 Å². The Hall–Kier alpha value is -1.06. The fraction of sp³-hybridized carbons (Fsp3) is 0.667. The molecular weight excluding hydrogens is 134 g/mol. The van der Waals surface area contributed by atoms with Crippen molar-refractivity contribution in [3.63, 3.8) is 0 Å². The van der Waals surface area contributed by atoms with E-state index >= 15 is 0 Å². The van der Waals surface area contributed by atoms with E-state index in [9.17, 15) is 4.79 Å². The average molecular weight is 143 g/mol. The minimum Gasteiger partial charge on any atom is -0.481 e. The molecule has 0 amide bonds. The maximum absolute atomic E-state index is 10.3. The summed E-state index contributed by atoms with van der Waals surface area (Å²) in [6.45, 7) is 0. The second-order valence-electron chi connectivity index (χ2n) is 2.44. The van der Waals surface area contributed by atoms with E-state index in [4.69, 9.17) is 10.3 Å². The highest BCUT2D eigenvalue weighted by Gasteiger charge is 2.26. The van der Waals surface area contributed by atoms with Crippen molar-refractivity contribution in [3.8, 4) is 0 Å². The topological polar surface area (TPSA) is 69.9 Å². The van der Waals surface area contributed by atoms with Crippen molar-refractivity contribution in [1.29, 1.82) is 0 Å². The summed E-state index contributed by atoms with van der Waals surface area (Å²) >= 11 is 0. The number of oxime groups is 1. The fourth-order valence-corrected chi connectivity index (χ4v) is 1.13. The Morgan fingerprint density at radius 1 is 1.70 bits per heavy atom. The first-order chi connectivity index (χ1) is 4.74. The van der Waals surface area contributed by atoms with Crippen molar-refractivity contribution in [3.05, 3.63) is 0 Å². The van der Waals surface area contributed by atoms with E-state index in [1.807, 2.05) is 0 Å². The summed E-state index contributed by atoms with van der Waals surface area (Å²) in [5.41, 5.74) is 0.604. The van der Waals surface area contributed by atoms with Crippen LogP contribution in [0.4, 0.5) is 0 Å². The van der Waals surface area contributed by atoms with E-state index in [1.165, 1.54) is 0 Å².